The number of ether oxygens (including phenoxy) is 1. The summed E-state index contributed by atoms with van der Waals surface area (Å²) in [6, 6.07) is 7.24. The van der Waals surface area contributed by atoms with E-state index in [1.807, 2.05) is 53.7 Å². The highest BCUT2D eigenvalue weighted by Gasteiger charge is 2.20. The van der Waals surface area contributed by atoms with Crippen LogP contribution in [-0.4, -0.2) is 21.4 Å². The molecule has 0 N–H and O–H groups in total. The quantitative estimate of drug-likeness (QED) is 0.531. The Hall–Kier alpha value is -1.79. The number of carbonyl (C=O) groups excluding carboxylic acids is 1. The summed E-state index contributed by atoms with van der Waals surface area (Å²) >= 11 is 7.66. The number of halogens is 1. The summed E-state index contributed by atoms with van der Waals surface area (Å²) in [5.41, 5.74) is 0.135. The summed E-state index contributed by atoms with van der Waals surface area (Å²) in [4.78, 5) is 25.2. The summed E-state index contributed by atoms with van der Waals surface area (Å²) < 4.78 is 6.78. The van der Waals surface area contributed by atoms with Gasteiger partial charge in [-0.15, -0.1) is 11.8 Å². The zero-order chi connectivity index (χ0) is 20.4. The number of aromatic nitrogens is 2. The normalized spacial score (nSPS) is 12.1. The number of hydrogen-bond donors (Lipinski definition) is 0. The van der Waals surface area contributed by atoms with Crippen molar-refractivity contribution in [3.05, 3.63) is 57.0 Å². The fourth-order valence-electron chi connectivity index (χ4n) is 2.28. The molecule has 1 heterocycles. The van der Waals surface area contributed by atoms with Crippen LogP contribution in [0.15, 0.2) is 40.2 Å². The fraction of sp³-hybridized carbons (Fsp3) is 0.450. The maximum atomic E-state index is 12.4. The van der Waals surface area contributed by atoms with Gasteiger partial charge < -0.3 is 4.74 Å². The van der Waals surface area contributed by atoms with E-state index in [2.05, 4.69) is 5.10 Å². The second kappa shape index (κ2) is 8.07. The van der Waals surface area contributed by atoms with Crippen molar-refractivity contribution in [1.82, 2.24) is 9.78 Å². The van der Waals surface area contributed by atoms with Crippen molar-refractivity contribution in [3.8, 4) is 0 Å². The van der Waals surface area contributed by atoms with Gasteiger partial charge in [0, 0.05) is 5.75 Å². The summed E-state index contributed by atoms with van der Waals surface area (Å²) in [6.07, 6.45) is 1.61. The molecule has 0 radical (unpaired) electrons. The minimum Gasteiger partial charge on any atom is -0.456 e. The zero-order valence-corrected chi connectivity index (χ0v) is 18.1. The molecule has 0 bridgehead atoms. The second-order valence-electron chi connectivity index (χ2n) is 8.20. The first-order chi connectivity index (χ1) is 12.4. The van der Waals surface area contributed by atoms with Crippen molar-refractivity contribution in [2.24, 2.45) is 0 Å². The Balaban J connectivity index is 2.16. The molecule has 1 aromatic heterocycles. The Kier molecular flexibility index (Phi) is 6.43. The van der Waals surface area contributed by atoms with Gasteiger partial charge in [-0.3, -0.25) is 4.79 Å². The molecule has 0 aliphatic carbocycles. The largest absolute Gasteiger partial charge is 0.456 e. The van der Waals surface area contributed by atoms with Crippen molar-refractivity contribution >= 4 is 29.3 Å². The smallest absolute Gasteiger partial charge is 0.338 e. The summed E-state index contributed by atoms with van der Waals surface area (Å²) in [7, 11) is 0. The number of carbonyl (C=O) groups is 1. The third-order valence-corrected chi connectivity index (χ3v) is 5.05. The van der Waals surface area contributed by atoms with Gasteiger partial charge >= 0.3 is 5.97 Å². The molecule has 0 aliphatic heterocycles. The van der Waals surface area contributed by atoms with E-state index in [4.69, 9.17) is 16.3 Å². The molecule has 0 spiro atoms. The SMILES string of the molecule is CC(C)(C)OC(=O)c1cccc(CSc2cnn(C(C)(C)C)c(=O)c2Cl)c1. The molecule has 0 saturated carbocycles. The van der Waals surface area contributed by atoms with Crippen LogP contribution in [-0.2, 0) is 16.0 Å². The van der Waals surface area contributed by atoms with E-state index >= 15 is 0 Å². The molecule has 0 unspecified atom stereocenters. The third kappa shape index (κ3) is 5.84. The molecule has 0 aliphatic rings. The lowest BCUT2D eigenvalue weighted by Crippen LogP contribution is -2.36. The Morgan fingerprint density at radius 2 is 1.89 bits per heavy atom. The van der Waals surface area contributed by atoms with Crippen molar-refractivity contribution in [2.75, 3.05) is 0 Å². The highest BCUT2D eigenvalue weighted by molar-refractivity contribution is 7.98. The number of rotatable bonds is 4. The molecule has 1 aromatic carbocycles. The molecule has 146 valence electrons. The van der Waals surface area contributed by atoms with Crippen LogP contribution >= 0.6 is 23.4 Å². The molecule has 0 atom stereocenters. The summed E-state index contributed by atoms with van der Waals surface area (Å²) in [5, 5.41) is 4.39. The van der Waals surface area contributed by atoms with Crippen LogP contribution < -0.4 is 5.56 Å². The maximum Gasteiger partial charge on any atom is 0.338 e. The zero-order valence-electron chi connectivity index (χ0n) is 16.5. The van der Waals surface area contributed by atoms with E-state index in [1.165, 1.54) is 16.4 Å². The van der Waals surface area contributed by atoms with Gasteiger partial charge in [-0.2, -0.15) is 5.10 Å². The van der Waals surface area contributed by atoms with Gasteiger partial charge in [0.15, 0.2) is 0 Å². The van der Waals surface area contributed by atoms with E-state index in [1.54, 1.807) is 18.3 Å². The number of esters is 1. The molecular formula is C20H25ClN2O3S. The lowest BCUT2D eigenvalue weighted by molar-refractivity contribution is 0.00694. The molecule has 27 heavy (non-hydrogen) atoms. The van der Waals surface area contributed by atoms with Gasteiger partial charge in [-0.05, 0) is 59.2 Å². The average molecular weight is 409 g/mol. The van der Waals surface area contributed by atoms with Crippen LogP contribution in [0.4, 0.5) is 0 Å². The van der Waals surface area contributed by atoms with E-state index in [-0.39, 0.29) is 16.6 Å². The van der Waals surface area contributed by atoms with Gasteiger partial charge in [0.25, 0.3) is 5.56 Å². The van der Waals surface area contributed by atoms with Gasteiger partial charge in [0.2, 0.25) is 0 Å². The van der Waals surface area contributed by atoms with Crippen LogP contribution in [0.3, 0.4) is 0 Å². The number of thioether (sulfide) groups is 1. The predicted octanol–water partition coefficient (Wildman–Crippen LogP) is 4.90. The monoisotopic (exact) mass is 408 g/mol. The molecule has 7 heteroatoms. The van der Waals surface area contributed by atoms with Gasteiger partial charge in [-0.1, -0.05) is 23.7 Å². The Bertz CT molecular complexity index is 895. The standard InChI is InChI=1S/C20H25ClN2O3S/c1-19(2,3)23-17(24)16(21)15(11-22-23)27-12-13-8-7-9-14(10-13)18(25)26-20(4,5)6/h7-11H,12H2,1-6H3. The molecule has 2 rings (SSSR count). The predicted molar refractivity (Wildman–Crippen MR) is 110 cm³/mol. The fourth-order valence-corrected chi connectivity index (χ4v) is 3.41. The first-order valence-electron chi connectivity index (χ1n) is 8.62. The lowest BCUT2D eigenvalue weighted by atomic mass is 10.1. The van der Waals surface area contributed by atoms with Crippen molar-refractivity contribution in [2.45, 2.75) is 63.3 Å². The Morgan fingerprint density at radius 3 is 2.48 bits per heavy atom. The van der Waals surface area contributed by atoms with Crippen LogP contribution in [0, 0.1) is 0 Å². The van der Waals surface area contributed by atoms with E-state index in [0.29, 0.717) is 16.2 Å². The van der Waals surface area contributed by atoms with Gasteiger partial charge in [0.05, 0.1) is 22.2 Å². The highest BCUT2D eigenvalue weighted by Crippen LogP contribution is 2.28. The molecular weight excluding hydrogens is 384 g/mol. The third-order valence-electron chi connectivity index (χ3n) is 3.48. The van der Waals surface area contributed by atoms with Crippen molar-refractivity contribution in [1.29, 1.82) is 0 Å². The Labute approximate surface area is 169 Å². The molecule has 5 nitrogen and oxygen atoms in total. The number of hydrogen-bond acceptors (Lipinski definition) is 5. The van der Waals surface area contributed by atoms with Crippen LogP contribution in [0.1, 0.15) is 57.5 Å². The van der Waals surface area contributed by atoms with Crippen molar-refractivity contribution < 1.29 is 9.53 Å². The molecule has 0 amide bonds. The van der Waals surface area contributed by atoms with Gasteiger partial charge in [0.1, 0.15) is 10.6 Å². The number of nitrogens with zero attached hydrogens (tertiary/aromatic N) is 2. The first-order valence-corrected chi connectivity index (χ1v) is 9.98. The average Bonchev–Trinajstić information content (AvgIpc) is 2.53. The van der Waals surface area contributed by atoms with Crippen LogP contribution in [0.25, 0.3) is 0 Å². The number of benzene rings is 1. The van der Waals surface area contributed by atoms with E-state index in [9.17, 15) is 9.59 Å². The van der Waals surface area contributed by atoms with Crippen molar-refractivity contribution in [3.63, 3.8) is 0 Å². The van der Waals surface area contributed by atoms with Gasteiger partial charge in [-0.25, -0.2) is 9.48 Å². The highest BCUT2D eigenvalue weighted by atomic mass is 35.5. The summed E-state index contributed by atoms with van der Waals surface area (Å²) in [5.74, 6) is 0.193. The van der Waals surface area contributed by atoms with E-state index < -0.39 is 11.1 Å². The molecule has 0 saturated heterocycles. The minimum absolute atomic E-state index is 0.160. The lowest BCUT2D eigenvalue weighted by Gasteiger charge is -2.21. The summed E-state index contributed by atoms with van der Waals surface area (Å²) in [6.45, 7) is 11.2. The van der Waals surface area contributed by atoms with Crippen LogP contribution in [0.5, 0.6) is 0 Å². The van der Waals surface area contributed by atoms with Crippen LogP contribution in [0.2, 0.25) is 5.02 Å². The maximum absolute atomic E-state index is 12.4. The van der Waals surface area contributed by atoms with E-state index in [0.717, 1.165) is 5.56 Å². The minimum atomic E-state index is -0.544. The molecule has 0 fully saturated rings. The molecule has 2 aromatic rings. The second-order valence-corrected chi connectivity index (χ2v) is 9.60. The topological polar surface area (TPSA) is 61.2 Å². The first kappa shape index (κ1) is 21.5. The Morgan fingerprint density at radius 1 is 1.22 bits per heavy atom.